The fraction of sp³-hybridized carbons (Fsp3) is 0.579. The van der Waals surface area contributed by atoms with E-state index >= 15 is 0 Å². The Labute approximate surface area is 147 Å². The van der Waals surface area contributed by atoms with Gasteiger partial charge in [0.25, 0.3) is 4.84 Å². The molecule has 0 amide bonds. The minimum atomic E-state index is 0.167. The molecule has 4 nitrogen and oxygen atoms in total. The van der Waals surface area contributed by atoms with E-state index in [0.717, 1.165) is 29.3 Å². The first-order valence-corrected chi connectivity index (χ1v) is 9.48. The van der Waals surface area contributed by atoms with Crippen LogP contribution in [0.1, 0.15) is 44.4 Å². The van der Waals surface area contributed by atoms with Crippen molar-refractivity contribution in [1.82, 2.24) is 9.78 Å². The lowest BCUT2D eigenvalue weighted by atomic mass is 9.49. The van der Waals surface area contributed by atoms with Crippen LogP contribution in [0.2, 0.25) is 0 Å². The Balaban J connectivity index is 1.39. The SMILES string of the molecule is S=c1oc(C23CC4CC(CC(C4)C2)C3)nn1CNc1ccccc1. The molecule has 4 aliphatic rings. The summed E-state index contributed by atoms with van der Waals surface area (Å²) in [5, 5.41) is 8.16. The Bertz CT molecular complexity index is 759. The van der Waals surface area contributed by atoms with Gasteiger partial charge in [-0.3, -0.25) is 0 Å². The predicted octanol–water partition coefficient (Wildman–Crippen LogP) is 4.74. The number of rotatable bonds is 4. The van der Waals surface area contributed by atoms with Crippen molar-refractivity contribution in [3.05, 3.63) is 41.1 Å². The molecule has 1 aromatic heterocycles. The predicted molar refractivity (Wildman–Crippen MR) is 95.2 cm³/mol. The summed E-state index contributed by atoms with van der Waals surface area (Å²) in [6.45, 7) is 0.554. The van der Waals surface area contributed by atoms with Gasteiger partial charge in [0.15, 0.2) is 0 Å². The summed E-state index contributed by atoms with van der Waals surface area (Å²) in [5.41, 5.74) is 1.24. The summed E-state index contributed by atoms with van der Waals surface area (Å²) in [5.74, 6) is 3.55. The molecule has 0 radical (unpaired) electrons. The summed E-state index contributed by atoms with van der Waals surface area (Å²) in [6.07, 6.45) is 8.03. The van der Waals surface area contributed by atoms with Crippen LogP contribution in [0, 0.1) is 22.6 Å². The highest BCUT2D eigenvalue weighted by Gasteiger charge is 2.54. The van der Waals surface area contributed by atoms with Gasteiger partial charge in [0.1, 0.15) is 6.67 Å². The number of nitrogens with zero attached hydrogens (tertiary/aromatic N) is 2. The van der Waals surface area contributed by atoms with E-state index in [2.05, 4.69) is 5.32 Å². The fourth-order valence-corrected chi connectivity index (χ4v) is 5.90. The molecule has 1 heterocycles. The molecule has 0 unspecified atom stereocenters. The second-order valence-electron chi connectivity index (χ2n) is 8.07. The van der Waals surface area contributed by atoms with Crippen molar-refractivity contribution in [2.45, 2.75) is 50.6 Å². The van der Waals surface area contributed by atoms with Crippen LogP contribution in [-0.2, 0) is 12.1 Å². The molecule has 0 aliphatic heterocycles. The zero-order valence-corrected chi connectivity index (χ0v) is 14.6. The lowest BCUT2D eigenvalue weighted by Gasteiger charge is -2.55. The quantitative estimate of drug-likeness (QED) is 0.816. The molecule has 4 aliphatic carbocycles. The number of nitrogens with one attached hydrogen (secondary N) is 1. The number of benzene rings is 1. The Morgan fingerprint density at radius 1 is 1.08 bits per heavy atom. The van der Waals surface area contributed by atoms with Crippen molar-refractivity contribution in [2.75, 3.05) is 5.32 Å². The summed E-state index contributed by atoms with van der Waals surface area (Å²) in [6, 6.07) is 10.1. The van der Waals surface area contributed by atoms with E-state index in [1.165, 1.54) is 38.5 Å². The molecular weight excluding hydrogens is 318 g/mol. The Kier molecular flexibility index (Phi) is 3.34. The van der Waals surface area contributed by atoms with E-state index < -0.39 is 0 Å². The first kappa shape index (κ1) is 14.7. The van der Waals surface area contributed by atoms with E-state index in [9.17, 15) is 0 Å². The standard InChI is InChI=1S/C19H23N3OS/c24-18-22(12-20-16-4-2-1-3-5-16)21-17(23-18)19-9-13-6-14(10-19)8-15(7-13)11-19/h1-5,13-15,20H,6-12H2. The number of para-hydroxylation sites is 1. The number of hydrogen-bond acceptors (Lipinski definition) is 4. The topological polar surface area (TPSA) is 43.0 Å². The van der Waals surface area contributed by atoms with Crippen molar-refractivity contribution in [3.8, 4) is 0 Å². The van der Waals surface area contributed by atoms with Crippen molar-refractivity contribution >= 4 is 17.9 Å². The Morgan fingerprint density at radius 3 is 2.33 bits per heavy atom. The molecule has 0 atom stereocenters. The van der Waals surface area contributed by atoms with Crippen LogP contribution >= 0.6 is 12.2 Å². The van der Waals surface area contributed by atoms with Crippen LogP contribution in [0.25, 0.3) is 0 Å². The summed E-state index contributed by atoms with van der Waals surface area (Å²) >= 11 is 5.44. The van der Waals surface area contributed by atoms with Crippen LogP contribution in [0.5, 0.6) is 0 Å². The molecule has 0 spiro atoms. The normalized spacial score (nSPS) is 33.8. The molecule has 4 saturated carbocycles. The second-order valence-corrected chi connectivity index (χ2v) is 8.42. The van der Waals surface area contributed by atoms with Gasteiger partial charge in [-0.25, -0.2) is 4.68 Å². The van der Waals surface area contributed by atoms with Crippen molar-refractivity contribution in [2.24, 2.45) is 17.8 Å². The van der Waals surface area contributed by atoms with E-state index in [-0.39, 0.29) is 5.41 Å². The molecule has 2 aromatic rings. The van der Waals surface area contributed by atoms with Gasteiger partial charge in [-0.2, -0.15) is 0 Å². The minimum absolute atomic E-state index is 0.167. The summed E-state index contributed by atoms with van der Waals surface area (Å²) in [4.78, 5) is 0.490. The highest BCUT2D eigenvalue weighted by atomic mass is 32.1. The zero-order valence-electron chi connectivity index (χ0n) is 13.8. The van der Waals surface area contributed by atoms with Gasteiger partial charge in [0, 0.05) is 11.1 Å². The van der Waals surface area contributed by atoms with Crippen molar-refractivity contribution in [1.29, 1.82) is 0 Å². The third-order valence-corrected chi connectivity index (χ3v) is 6.60. The number of hydrogen-bond donors (Lipinski definition) is 1. The largest absolute Gasteiger partial charge is 0.413 e. The molecule has 5 heteroatoms. The van der Waals surface area contributed by atoms with Gasteiger partial charge in [-0.05, 0) is 80.6 Å². The van der Waals surface area contributed by atoms with Crippen LogP contribution in [-0.4, -0.2) is 9.78 Å². The van der Waals surface area contributed by atoms with Gasteiger partial charge < -0.3 is 9.73 Å². The zero-order chi connectivity index (χ0) is 16.1. The van der Waals surface area contributed by atoms with Crippen molar-refractivity contribution in [3.63, 3.8) is 0 Å². The van der Waals surface area contributed by atoms with Crippen molar-refractivity contribution < 1.29 is 4.42 Å². The highest BCUT2D eigenvalue weighted by molar-refractivity contribution is 7.71. The van der Waals surface area contributed by atoms with E-state index in [1.54, 1.807) is 4.68 Å². The lowest BCUT2D eigenvalue weighted by molar-refractivity contribution is -0.0181. The smallest absolute Gasteiger partial charge is 0.288 e. The van der Waals surface area contributed by atoms with Gasteiger partial charge in [-0.1, -0.05) is 18.2 Å². The number of aromatic nitrogens is 2. The fourth-order valence-electron chi connectivity index (χ4n) is 5.72. The van der Waals surface area contributed by atoms with E-state index in [0.29, 0.717) is 11.5 Å². The number of anilines is 1. The van der Waals surface area contributed by atoms with Crippen LogP contribution in [0.15, 0.2) is 34.7 Å². The summed E-state index contributed by atoms with van der Waals surface area (Å²) < 4.78 is 7.82. The lowest BCUT2D eigenvalue weighted by Crippen LogP contribution is -2.48. The Morgan fingerprint density at radius 2 is 1.71 bits per heavy atom. The molecule has 24 heavy (non-hydrogen) atoms. The average Bonchev–Trinajstić information content (AvgIpc) is 2.94. The van der Waals surface area contributed by atoms with Crippen LogP contribution in [0.3, 0.4) is 0 Å². The maximum atomic E-state index is 6.01. The second kappa shape index (κ2) is 5.45. The van der Waals surface area contributed by atoms with Crippen LogP contribution < -0.4 is 5.32 Å². The molecule has 4 bridgehead atoms. The van der Waals surface area contributed by atoms with E-state index in [1.807, 2.05) is 30.3 Å². The van der Waals surface area contributed by atoms with E-state index in [4.69, 9.17) is 21.7 Å². The third kappa shape index (κ3) is 2.41. The summed E-state index contributed by atoms with van der Waals surface area (Å²) in [7, 11) is 0. The molecule has 126 valence electrons. The molecule has 1 aromatic carbocycles. The average molecular weight is 341 g/mol. The van der Waals surface area contributed by atoms with Gasteiger partial charge >= 0.3 is 0 Å². The third-order valence-electron chi connectivity index (χ3n) is 6.30. The molecule has 1 N–H and O–H groups in total. The first-order chi connectivity index (χ1) is 11.7. The minimum Gasteiger partial charge on any atom is -0.413 e. The van der Waals surface area contributed by atoms with Crippen LogP contribution in [0.4, 0.5) is 5.69 Å². The highest BCUT2D eigenvalue weighted by Crippen LogP contribution is 2.60. The molecular formula is C19H23N3OS. The monoisotopic (exact) mass is 341 g/mol. The molecule has 4 fully saturated rings. The molecule has 6 rings (SSSR count). The van der Waals surface area contributed by atoms with Gasteiger partial charge in [0.2, 0.25) is 5.89 Å². The maximum Gasteiger partial charge on any atom is 0.288 e. The first-order valence-electron chi connectivity index (χ1n) is 9.07. The van der Waals surface area contributed by atoms with Gasteiger partial charge in [-0.15, -0.1) is 5.10 Å². The van der Waals surface area contributed by atoms with Gasteiger partial charge in [0.05, 0.1) is 0 Å². The maximum absolute atomic E-state index is 6.01. The molecule has 0 saturated heterocycles. The Hall–Kier alpha value is -1.62.